The zero-order valence-electron chi connectivity index (χ0n) is 17.1. The topological polar surface area (TPSA) is 73.6 Å². The Kier molecular flexibility index (Phi) is 8.31. The van der Waals surface area contributed by atoms with Crippen molar-refractivity contribution in [1.82, 2.24) is 35.2 Å². The quantitative estimate of drug-likeness (QED) is 0.510. The number of hydrogen-bond acceptors (Lipinski definition) is 5. The van der Waals surface area contributed by atoms with Gasteiger partial charge in [-0.3, -0.25) is 9.89 Å². The van der Waals surface area contributed by atoms with Gasteiger partial charge < -0.3 is 20.1 Å². The summed E-state index contributed by atoms with van der Waals surface area (Å²) in [5.41, 5.74) is 0. The largest absolute Gasteiger partial charge is 0.355 e. The number of hydrogen-bond donors (Lipinski definition) is 2. The van der Waals surface area contributed by atoms with E-state index in [4.69, 9.17) is 0 Å². The van der Waals surface area contributed by atoms with Gasteiger partial charge in [-0.25, -0.2) is 0 Å². The van der Waals surface area contributed by atoms with Crippen LogP contribution < -0.4 is 10.6 Å². The number of aliphatic imine (C=N–C) groups is 1. The molecule has 0 bridgehead atoms. The summed E-state index contributed by atoms with van der Waals surface area (Å²) in [6, 6.07) is 0.520. The van der Waals surface area contributed by atoms with Gasteiger partial charge in [0, 0.05) is 65.3 Å². The van der Waals surface area contributed by atoms with Crippen molar-refractivity contribution in [2.24, 2.45) is 10.9 Å². The SMILES string of the molecule is CCc1nncn1CCNC(=NC)NCC(C(C)C)N1CCN(C)CC1. The molecule has 2 N–H and O–H groups in total. The highest BCUT2D eigenvalue weighted by Gasteiger charge is 2.24. The molecular formula is C18H36N8. The molecule has 0 aromatic carbocycles. The molecule has 1 aromatic rings. The van der Waals surface area contributed by atoms with Crippen LogP contribution in [0.15, 0.2) is 11.3 Å². The molecule has 148 valence electrons. The zero-order chi connectivity index (χ0) is 18.9. The van der Waals surface area contributed by atoms with Gasteiger partial charge in [0.25, 0.3) is 0 Å². The summed E-state index contributed by atoms with van der Waals surface area (Å²) in [7, 11) is 4.03. The molecule has 1 fully saturated rings. The first-order chi connectivity index (χ1) is 12.5. The van der Waals surface area contributed by atoms with Crippen LogP contribution in [0.4, 0.5) is 0 Å². The molecule has 0 spiro atoms. The highest BCUT2D eigenvalue weighted by atomic mass is 15.3. The number of rotatable bonds is 8. The van der Waals surface area contributed by atoms with E-state index in [1.165, 1.54) is 0 Å². The summed E-state index contributed by atoms with van der Waals surface area (Å²) in [6.07, 6.45) is 2.69. The first kappa shape index (κ1) is 20.6. The minimum Gasteiger partial charge on any atom is -0.355 e. The molecule has 8 nitrogen and oxygen atoms in total. The molecular weight excluding hydrogens is 328 g/mol. The monoisotopic (exact) mass is 364 g/mol. The molecule has 1 aromatic heterocycles. The van der Waals surface area contributed by atoms with Gasteiger partial charge in [0.05, 0.1) is 0 Å². The van der Waals surface area contributed by atoms with Gasteiger partial charge in [-0.15, -0.1) is 10.2 Å². The lowest BCUT2D eigenvalue weighted by Gasteiger charge is -2.40. The van der Waals surface area contributed by atoms with E-state index in [2.05, 4.69) is 68.0 Å². The van der Waals surface area contributed by atoms with Crippen LogP contribution in [0, 0.1) is 5.92 Å². The third-order valence-electron chi connectivity index (χ3n) is 5.14. The van der Waals surface area contributed by atoms with Gasteiger partial charge in [-0.2, -0.15) is 0 Å². The van der Waals surface area contributed by atoms with Crippen molar-refractivity contribution in [2.75, 3.05) is 53.4 Å². The molecule has 1 aliphatic rings. The van der Waals surface area contributed by atoms with E-state index in [-0.39, 0.29) is 0 Å². The van der Waals surface area contributed by atoms with E-state index < -0.39 is 0 Å². The molecule has 1 atom stereocenters. The fourth-order valence-electron chi connectivity index (χ4n) is 3.40. The minimum atomic E-state index is 0.520. The maximum absolute atomic E-state index is 4.37. The smallest absolute Gasteiger partial charge is 0.191 e. The third-order valence-corrected chi connectivity index (χ3v) is 5.14. The Balaban J connectivity index is 1.78. The van der Waals surface area contributed by atoms with Gasteiger partial charge in [0.1, 0.15) is 12.2 Å². The standard InChI is InChI=1S/C18H36N8/c1-6-17-23-22-14-26(17)8-7-20-18(19-4)21-13-16(15(2)3)25-11-9-24(5)10-12-25/h14-16H,6-13H2,1-5H3,(H2,19,20,21). The predicted octanol–water partition coefficient (Wildman–Crippen LogP) is 0.278. The van der Waals surface area contributed by atoms with Crippen molar-refractivity contribution in [3.8, 4) is 0 Å². The van der Waals surface area contributed by atoms with Crippen molar-refractivity contribution in [3.63, 3.8) is 0 Å². The van der Waals surface area contributed by atoms with Crippen molar-refractivity contribution in [2.45, 2.75) is 39.8 Å². The van der Waals surface area contributed by atoms with Gasteiger partial charge in [-0.05, 0) is 13.0 Å². The van der Waals surface area contributed by atoms with Crippen LogP contribution in [-0.4, -0.2) is 89.9 Å². The average Bonchev–Trinajstić information content (AvgIpc) is 3.09. The van der Waals surface area contributed by atoms with Gasteiger partial charge >= 0.3 is 0 Å². The molecule has 1 aliphatic heterocycles. The number of aryl methyl sites for hydroxylation is 1. The molecule has 0 saturated carbocycles. The predicted molar refractivity (Wildman–Crippen MR) is 106 cm³/mol. The van der Waals surface area contributed by atoms with Crippen LogP contribution in [0.2, 0.25) is 0 Å². The van der Waals surface area contributed by atoms with Crippen LogP contribution in [0.3, 0.4) is 0 Å². The molecule has 2 heterocycles. The van der Waals surface area contributed by atoms with Crippen LogP contribution in [-0.2, 0) is 13.0 Å². The lowest BCUT2D eigenvalue weighted by molar-refractivity contribution is 0.0900. The number of aromatic nitrogens is 3. The first-order valence-electron chi connectivity index (χ1n) is 9.79. The van der Waals surface area contributed by atoms with Gasteiger partial charge in [-0.1, -0.05) is 20.8 Å². The number of piperazine rings is 1. The second-order valence-electron chi connectivity index (χ2n) is 7.32. The van der Waals surface area contributed by atoms with Crippen LogP contribution >= 0.6 is 0 Å². The molecule has 0 amide bonds. The highest BCUT2D eigenvalue weighted by Crippen LogP contribution is 2.12. The Morgan fingerprint density at radius 2 is 1.96 bits per heavy atom. The van der Waals surface area contributed by atoms with E-state index in [1.54, 1.807) is 6.33 Å². The Bertz CT molecular complexity index is 545. The van der Waals surface area contributed by atoms with Crippen molar-refractivity contribution in [3.05, 3.63) is 12.2 Å². The maximum atomic E-state index is 4.37. The Hall–Kier alpha value is -1.67. The number of likely N-dealkylation sites (N-methyl/N-ethyl adjacent to an activating group) is 1. The first-order valence-corrected chi connectivity index (χ1v) is 9.79. The Morgan fingerprint density at radius 1 is 1.23 bits per heavy atom. The molecule has 0 aliphatic carbocycles. The van der Waals surface area contributed by atoms with Crippen molar-refractivity contribution >= 4 is 5.96 Å². The van der Waals surface area contributed by atoms with Crippen molar-refractivity contribution < 1.29 is 0 Å². The zero-order valence-corrected chi connectivity index (χ0v) is 17.1. The average molecular weight is 365 g/mol. The highest BCUT2D eigenvalue weighted by molar-refractivity contribution is 5.79. The van der Waals surface area contributed by atoms with Gasteiger partial charge in [0.2, 0.25) is 0 Å². The fraction of sp³-hybridized carbons (Fsp3) is 0.833. The summed E-state index contributed by atoms with van der Waals surface area (Å²) in [6.45, 7) is 13.8. The number of nitrogens with one attached hydrogen (secondary N) is 2. The summed E-state index contributed by atoms with van der Waals surface area (Å²) in [4.78, 5) is 9.37. The fourth-order valence-corrected chi connectivity index (χ4v) is 3.40. The normalized spacial score (nSPS) is 18.3. The van der Waals surface area contributed by atoms with Crippen LogP contribution in [0.1, 0.15) is 26.6 Å². The Morgan fingerprint density at radius 3 is 2.58 bits per heavy atom. The molecule has 1 unspecified atom stereocenters. The number of nitrogens with zero attached hydrogens (tertiary/aromatic N) is 6. The van der Waals surface area contributed by atoms with Crippen LogP contribution in [0.25, 0.3) is 0 Å². The second kappa shape index (κ2) is 10.5. The summed E-state index contributed by atoms with van der Waals surface area (Å²) < 4.78 is 2.08. The lowest BCUT2D eigenvalue weighted by Crippen LogP contribution is -2.55. The van der Waals surface area contributed by atoms with Crippen LogP contribution in [0.5, 0.6) is 0 Å². The summed E-state index contributed by atoms with van der Waals surface area (Å²) in [5, 5.41) is 15.0. The lowest BCUT2D eigenvalue weighted by atomic mass is 10.0. The van der Waals surface area contributed by atoms with Gasteiger partial charge in [0.15, 0.2) is 5.96 Å². The molecule has 0 radical (unpaired) electrons. The summed E-state index contributed by atoms with van der Waals surface area (Å²) in [5.74, 6) is 2.48. The third kappa shape index (κ3) is 5.95. The van der Waals surface area contributed by atoms with E-state index in [9.17, 15) is 0 Å². The maximum Gasteiger partial charge on any atom is 0.191 e. The molecule has 26 heavy (non-hydrogen) atoms. The molecule has 1 saturated heterocycles. The van der Waals surface area contributed by atoms with Crippen molar-refractivity contribution in [1.29, 1.82) is 0 Å². The van der Waals surface area contributed by atoms with E-state index in [0.29, 0.717) is 12.0 Å². The summed E-state index contributed by atoms with van der Waals surface area (Å²) >= 11 is 0. The van der Waals surface area contributed by atoms with E-state index >= 15 is 0 Å². The second-order valence-corrected chi connectivity index (χ2v) is 7.32. The molecule has 2 rings (SSSR count). The van der Waals surface area contributed by atoms with E-state index in [0.717, 1.165) is 64.0 Å². The minimum absolute atomic E-state index is 0.520. The molecule has 8 heteroatoms. The van der Waals surface area contributed by atoms with E-state index in [1.807, 2.05) is 7.05 Å². The Labute approximate surface area is 158 Å². The number of guanidine groups is 1.